The van der Waals surface area contributed by atoms with E-state index in [1.54, 1.807) is 61.5 Å². The Morgan fingerprint density at radius 3 is 2.29 bits per heavy atom. The SMILES string of the molecule is CCN(c1ccccc1)S(=O)(=O)c1ccc(OC)cc1N=Nc1c(N)[nH]n(-c2ccccc2)c1=O. The molecule has 1 aromatic heterocycles. The molecule has 0 aliphatic rings. The van der Waals surface area contributed by atoms with Crippen LogP contribution in [0.15, 0.2) is 98.8 Å². The van der Waals surface area contributed by atoms with Crippen molar-refractivity contribution in [2.45, 2.75) is 11.8 Å². The average Bonchev–Trinajstić information content (AvgIpc) is 3.16. The van der Waals surface area contributed by atoms with Crippen molar-refractivity contribution in [1.82, 2.24) is 9.78 Å². The lowest BCUT2D eigenvalue weighted by molar-refractivity contribution is 0.414. The van der Waals surface area contributed by atoms with Gasteiger partial charge >= 0.3 is 5.56 Å². The van der Waals surface area contributed by atoms with Crippen LogP contribution >= 0.6 is 0 Å². The number of nitrogen functional groups attached to an aromatic ring is 1. The minimum atomic E-state index is -4.02. The Balaban J connectivity index is 1.79. The Kier molecular flexibility index (Phi) is 6.69. The molecule has 0 spiro atoms. The van der Waals surface area contributed by atoms with Crippen molar-refractivity contribution in [1.29, 1.82) is 0 Å². The highest BCUT2D eigenvalue weighted by atomic mass is 32.2. The third kappa shape index (κ3) is 4.66. The molecule has 0 aliphatic carbocycles. The van der Waals surface area contributed by atoms with Gasteiger partial charge in [0.15, 0.2) is 5.69 Å². The molecule has 0 radical (unpaired) electrons. The predicted octanol–water partition coefficient (Wildman–Crippen LogP) is 4.39. The topological polar surface area (TPSA) is 135 Å². The number of nitrogens with two attached hydrogens (primary N) is 1. The van der Waals surface area contributed by atoms with Crippen molar-refractivity contribution in [3.05, 3.63) is 89.2 Å². The van der Waals surface area contributed by atoms with Gasteiger partial charge in [-0.25, -0.2) is 13.1 Å². The summed E-state index contributed by atoms with van der Waals surface area (Å²) >= 11 is 0. The zero-order chi connectivity index (χ0) is 25.0. The molecule has 0 fully saturated rings. The lowest BCUT2D eigenvalue weighted by Gasteiger charge is -2.23. The van der Waals surface area contributed by atoms with Crippen molar-refractivity contribution in [3.8, 4) is 11.4 Å². The molecular formula is C24H24N6O4S. The summed E-state index contributed by atoms with van der Waals surface area (Å²) in [5.41, 5.74) is 6.40. The first kappa shape index (κ1) is 23.8. The molecule has 10 nitrogen and oxygen atoms in total. The predicted molar refractivity (Wildman–Crippen MR) is 135 cm³/mol. The van der Waals surface area contributed by atoms with Crippen molar-refractivity contribution in [2.75, 3.05) is 23.7 Å². The van der Waals surface area contributed by atoms with E-state index in [0.29, 0.717) is 17.1 Å². The van der Waals surface area contributed by atoms with Crippen LogP contribution in [0, 0.1) is 0 Å². The molecule has 35 heavy (non-hydrogen) atoms. The maximum Gasteiger partial charge on any atom is 0.301 e. The first-order chi connectivity index (χ1) is 16.9. The molecule has 11 heteroatoms. The molecule has 0 saturated carbocycles. The molecule has 0 atom stereocenters. The molecular weight excluding hydrogens is 468 g/mol. The van der Waals surface area contributed by atoms with Gasteiger partial charge < -0.3 is 10.5 Å². The van der Waals surface area contributed by atoms with Crippen LogP contribution in [-0.4, -0.2) is 31.9 Å². The smallest absolute Gasteiger partial charge is 0.301 e. The van der Waals surface area contributed by atoms with E-state index in [-0.39, 0.29) is 28.6 Å². The van der Waals surface area contributed by atoms with E-state index in [2.05, 4.69) is 15.3 Å². The number of methoxy groups -OCH3 is 1. The molecule has 0 unspecified atom stereocenters. The molecule has 0 saturated heterocycles. The number of sulfonamides is 1. The quantitative estimate of drug-likeness (QED) is 0.352. The molecule has 0 amide bonds. The van der Waals surface area contributed by atoms with E-state index in [1.165, 1.54) is 34.3 Å². The van der Waals surface area contributed by atoms with Gasteiger partial charge in [-0.3, -0.25) is 14.2 Å². The molecule has 3 N–H and O–H groups in total. The Morgan fingerprint density at radius 1 is 1.00 bits per heavy atom. The molecule has 0 bridgehead atoms. The van der Waals surface area contributed by atoms with Crippen molar-refractivity contribution < 1.29 is 13.2 Å². The summed E-state index contributed by atoms with van der Waals surface area (Å²) in [6, 6.07) is 21.9. The van der Waals surface area contributed by atoms with Crippen molar-refractivity contribution >= 4 is 32.9 Å². The zero-order valence-electron chi connectivity index (χ0n) is 19.1. The van der Waals surface area contributed by atoms with Gasteiger partial charge in [-0.1, -0.05) is 36.4 Å². The van der Waals surface area contributed by atoms with Gasteiger partial charge in [0, 0.05) is 12.6 Å². The third-order valence-corrected chi connectivity index (χ3v) is 7.18. The largest absolute Gasteiger partial charge is 0.497 e. The highest BCUT2D eigenvalue weighted by Gasteiger charge is 2.27. The van der Waals surface area contributed by atoms with Crippen molar-refractivity contribution in [3.63, 3.8) is 0 Å². The lowest BCUT2D eigenvalue weighted by Crippen LogP contribution is -2.30. The van der Waals surface area contributed by atoms with Gasteiger partial charge in [0.05, 0.1) is 18.5 Å². The number of aromatic nitrogens is 2. The van der Waals surface area contributed by atoms with E-state index in [9.17, 15) is 13.2 Å². The van der Waals surface area contributed by atoms with Crippen LogP contribution in [0.25, 0.3) is 5.69 Å². The minimum absolute atomic E-state index is 0.00462. The van der Waals surface area contributed by atoms with Gasteiger partial charge in [-0.15, -0.1) is 10.2 Å². The van der Waals surface area contributed by atoms with Crippen LogP contribution in [0.4, 0.5) is 22.9 Å². The van der Waals surface area contributed by atoms with Gasteiger partial charge in [-0.2, -0.15) is 0 Å². The first-order valence-electron chi connectivity index (χ1n) is 10.7. The highest BCUT2D eigenvalue weighted by molar-refractivity contribution is 7.93. The molecule has 180 valence electrons. The normalized spacial score (nSPS) is 11.6. The fourth-order valence-corrected chi connectivity index (χ4v) is 5.11. The summed E-state index contributed by atoms with van der Waals surface area (Å²) in [4.78, 5) is 12.8. The molecule has 4 aromatic rings. The van der Waals surface area contributed by atoms with Crippen LogP contribution in [0.1, 0.15) is 6.92 Å². The number of rotatable bonds is 8. The number of nitrogens with one attached hydrogen (secondary N) is 1. The van der Waals surface area contributed by atoms with Gasteiger partial charge in [0.2, 0.25) is 0 Å². The van der Waals surface area contributed by atoms with Gasteiger partial charge in [-0.05, 0) is 43.3 Å². The molecule has 1 heterocycles. The zero-order valence-corrected chi connectivity index (χ0v) is 19.9. The second-order valence-electron chi connectivity index (χ2n) is 7.39. The lowest BCUT2D eigenvalue weighted by atomic mass is 10.3. The standard InChI is InChI=1S/C24H24N6O4S/c1-3-29(17-10-6-4-7-11-17)35(32,33)21-15-14-19(34-2)16-20(21)26-27-22-23(25)28-30(24(22)31)18-12-8-5-9-13-18/h4-16,28H,3,25H2,1-2H3. The maximum absolute atomic E-state index is 13.6. The van der Waals surface area contributed by atoms with Crippen LogP contribution in [0.5, 0.6) is 5.75 Å². The minimum Gasteiger partial charge on any atom is -0.497 e. The summed E-state index contributed by atoms with van der Waals surface area (Å²) in [6.07, 6.45) is 0. The average molecular weight is 493 g/mol. The number of nitrogens with zero attached hydrogens (tertiary/aromatic N) is 4. The van der Waals surface area contributed by atoms with E-state index < -0.39 is 15.6 Å². The second kappa shape index (κ2) is 9.85. The van der Waals surface area contributed by atoms with E-state index >= 15 is 0 Å². The van der Waals surface area contributed by atoms with E-state index in [0.717, 1.165) is 0 Å². The number of benzene rings is 3. The van der Waals surface area contributed by atoms with Crippen LogP contribution in [0.3, 0.4) is 0 Å². The monoisotopic (exact) mass is 492 g/mol. The van der Waals surface area contributed by atoms with Crippen LogP contribution < -0.4 is 20.3 Å². The fraction of sp³-hybridized carbons (Fsp3) is 0.125. The summed E-state index contributed by atoms with van der Waals surface area (Å²) in [5.74, 6) is 0.374. The van der Waals surface area contributed by atoms with Crippen LogP contribution in [-0.2, 0) is 10.0 Å². The first-order valence-corrected chi connectivity index (χ1v) is 12.1. The summed E-state index contributed by atoms with van der Waals surface area (Å²) in [7, 11) is -2.57. The summed E-state index contributed by atoms with van der Waals surface area (Å²) in [6.45, 7) is 1.93. The second-order valence-corrected chi connectivity index (χ2v) is 9.22. The number of anilines is 2. The number of H-pyrrole nitrogens is 1. The summed E-state index contributed by atoms with van der Waals surface area (Å²) < 4.78 is 35.0. The van der Waals surface area contributed by atoms with E-state index in [1.807, 2.05) is 6.07 Å². The van der Waals surface area contributed by atoms with Gasteiger partial charge in [0.1, 0.15) is 22.2 Å². The molecule has 0 aliphatic heterocycles. The maximum atomic E-state index is 13.6. The van der Waals surface area contributed by atoms with E-state index in [4.69, 9.17) is 10.5 Å². The molecule has 4 rings (SSSR count). The highest BCUT2D eigenvalue weighted by Crippen LogP contribution is 2.34. The fourth-order valence-electron chi connectivity index (χ4n) is 3.53. The number of para-hydroxylation sites is 2. The number of ether oxygens (including phenoxy) is 1. The Labute approximate surface area is 202 Å². The number of hydrogen-bond donors (Lipinski definition) is 2. The van der Waals surface area contributed by atoms with Crippen molar-refractivity contribution in [2.24, 2.45) is 10.2 Å². The van der Waals surface area contributed by atoms with Gasteiger partial charge in [0.25, 0.3) is 10.0 Å². The number of azo groups is 1. The Bertz CT molecular complexity index is 1510. The summed E-state index contributed by atoms with van der Waals surface area (Å²) in [5, 5.41) is 10.9. The third-order valence-electron chi connectivity index (χ3n) is 5.23. The number of hydrogen-bond acceptors (Lipinski definition) is 7. The van der Waals surface area contributed by atoms with Crippen LogP contribution in [0.2, 0.25) is 0 Å². The molecule has 3 aromatic carbocycles. The Hall–Kier alpha value is -4.38. The Morgan fingerprint density at radius 2 is 1.66 bits per heavy atom. The number of aromatic amines is 1.